The van der Waals surface area contributed by atoms with Crippen molar-refractivity contribution in [3.8, 4) is 0 Å². The Labute approximate surface area is 74.1 Å². The largest absolute Gasteiger partial charge is 0.381 e. The molecule has 4 nitrogen and oxygen atoms in total. The van der Waals surface area contributed by atoms with Gasteiger partial charge in [-0.2, -0.15) is 0 Å². The summed E-state index contributed by atoms with van der Waals surface area (Å²) >= 11 is 0. The van der Waals surface area contributed by atoms with Crippen LogP contribution in [0.25, 0.3) is 0 Å². The van der Waals surface area contributed by atoms with E-state index < -0.39 is 15.4 Å². The van der Waals surface area contributed by atoms with Gasteiger partial charge in [0, 0.05) is 12.0 Å². The SMILES string of the molecule is CCOCC(C)(C)CS(N)(=O)=O. The van der Waals surface area contributed by atoms with Crippen LogP contribution < -0.4 is 5.14 Å². The lowest BCUT2D eigenvalue weighted by Gasteiger charge is -2.22. The third kappa shape index (κ3) is 6.57. The van der Waals surface area contributed by atoms with Crippen LogP contribution in [0.15, 0.2) is 0 Å². The highest BCUT2D eigenvalue weighted by Crippen LogP contribution is 2.16. The second kappa shape index (κ2) is 4.20. The molecule has 0 rings (SSSR count). The molecule has 12 heavy (non-hydrogen) atoms. The minimum atomic E-state index is -3.39. The molecule has 2 N–H and O–H groups in total. The average molecular weight is 195 g/mol. The summed E-state index contributed by atoms with van der Waals surface area (Å²) in [5.41, 5.74) is -0.399. The molecule has 0 radical (unpaired) electrons. The zero-order valence-corrected chi connectivity index (χ0v) is 8.65. The Balaban J connectivity index is 4.04. The first-order chi connectivity index (χ1) is 5.27. The van der Waals surface area contributed by atoms with Crippen LogP contribution in [-0.4, -0.2) is 27.4 Å². The molecule has 0 heterocycles. The van der Waals surface area contributed by atoms with Crippen molar-refractivity contribution in [1.29, 1.82) is 0 Å². The number of hydrogen-bond acceptors (Lipinski definition) is 3. The maximum Gasteiger partial charge on any atom is 0.209 e. The lowest BCUT2D eigenvalue weighted by Crippen LogP contribution is -2.32. The predicted octanol–water partition coefficient (Wildman–Crippen LogP) is 0.338. The van der Waals surface area contributed by atoms with Gasteiger partial charge in [-0.1, -0.05) is 13.8 Å². The third-order valence-electron chi connectivity index (χ3n) is 1.29. The molecular formula is C7H17NO3S. The Morgan fingerprint density at radius 1 is 1.42 bits per heavy atom. The highest BCUT2D eigenvalue weighted by Gasteiger charge is 2.23. The molecule has 0 saturated heterocycles. The summed E-state index contributed by atoms with van der Waals surface area (Å²) in [6.07, 6.45) is 0. The van der Waals surface area contributed by atoms with Crippen molar-refractivity contribution in [3.63, 3.8) is 0 Å². The molecule has 0 unspecified atom stereocenters. The van der Waals surface area contributed by atoms with Crippen molar-refractivity contribution in [1.82, 2.24) is 0 Å². The van der Waals surface area contributed by atoms with Crippen LogP contribution in [0.2, 0.25) is 0 Å². The summed E-state index contributed by atoms with van der Waals surface area (Å²) < 4.78 is 26.6. The molecule has 74 valence electrons. The molecule has 0 aromatic heterocycles. The van der Waals surface area contributed by atoms with Crippen LogP contribution >= 0.6 is 0 Å². The highest BCUT2D eigenvalue weighted by atomic mass is 32.2. The Bertz CT molecular complexity index is 221. The van der Waals surface area contributed by atoms with Gasteiger partial charge in [0.2, 0.25) is 10.0 Å². The van der Waals surface area contributed by atoms with Crippen molar-refractivity contribution >= 4 is 10.0 Å². The maximum absolute atomic E-state index is 10.7. The molecule has 0 fully saturated rings. The summed E-state index contributed by atoms with van der Waals surface area (Å²) in [5.74, 6) is -0.0417. The summed E-state index contributed by atoms with van der Waals surface area (Å²) in [5, 5.41) is 4.91. The second-order valence-electron chi connectivity index (χ2n) is 3.61. The summed E-state index contributed by atoms with van der Waals surface area (Å²) in [6.45, 7) is 6.50. The molecule has 0 saturated carbocycles. The highest BCUT2D eigenvalue weighted by molar-refractivity contribution is 7.89. The standard InChI is InChI=1S/C7H17NO3S/c1-4-11-5-7(2,3)6-12(8,9)10/h4-6H2,1-3H3,(H2,8,9,10). The Morgan fingerprint density at radius 3 is 2.25 bits per heavy atom. The van der Waals surface area contributed by atoms with E-state index >= 15 is 0 Å². The molecule has 0 aromatic rings. The minimum absolute atomic E-state index is 0.0417. The van der Waals surface area contributed by atoms with E-state index in [0.29, 0.717) is 13.2 Å². The third-order valence-corrected chi connectivity index (χ3v) is 2.47. The van der Waals surface area contributed by atoms with Crippen molar-refractivity contribution < 1.29 is 13.2 Å². The van der Waals surface area contributed by atoms with Crippen LogP contribution in [0, 0.1) is 5.41 Å². The van der Waals surface area contributed by atoms with Crippen molar-refractivity contribution in [2.24, 2.45) is 10.6 Å². The van der Waals surface area contributed by atoms with E-state index in [1.807, 2.05) is 20.8 Å². The zero-order valence-electron chi connectivity index (χ0n) is 7.83. The van der Waals surface area contributed by atoms with Gasteiger partial charge >= 0.3 is 0 Å². The van der Waals surface area contributed by atoms with E-state index in [0.717, 1.165) is 0 Å². The molecule has 0 spiro atoms. The van der Waals surface area contributed by atoms with Crippen LogP contribution in [-0.2, 0) is 14.8 Å². The minimum Gasteiger partial charge on any atom is -0.381 e. The van der Waals surface area contributed by atoms with Crippen LogP contribution in [0.3, 0.4) is 0 Å². The van der Waals surface area contributed by atoms with E-state index in [4.69, 9.17) is 9.88 Å². The van der Waals surface area contributed by atoms with Crippen molar-refractivity contribution in [2.45, 2.75) is 20.8 Å². The maximum atomic E-state index is 10.7. The smallest absolute Gasteiger partial charge is 0.209 e. The molecular weight excluding hydrogens is 178 g/mol. The van der Waals surface area contributed by atoms with Crippen LogP contribution in [0.1, 0.15) is 20.8 Å². The van der Waals surface area contributed by atoms with E-state index in [-0.39, 0.29) is 5.75 Å². The van der Waals surface area contributed by atoms with Crippen molar-refractivity contribution in [3.05, 3.63) is 0 Å². The van der Waals surface area contributed by atoms with Gasteiger partial charge < -0.3 is 4.74 Å². The average Bonchev–Trinajstić information content (AvgIpc) is 1.78. The number of sulfonamides is 1. The molecule has 0 aliphatic heterocycles. The molecule has 5 heteroatoms. The number of hydrogen-bond donors (Lipinski definition) is 1. The van der Waals surface area contributed by atoms with Gasteiger partial charge in [0.05, 0.1) is 12.4 Å². The Kier molecular flexibility index (Phi) is 4.16. The van der Waals surface area contributed by atoms with Crippen LogP contribution in [0.5, 0.6) is 0 Å². The number of primary sulfonamides is 1. The van der Waals surface area contributed by atoms with Gasteiger partial charge in [-0.25, -0.2) is 13.6 Å². The van der Waals surface area contributed by atoms with Crippen molar-refractivity contribution in [2.75, 3.05) is 19.0 Å². The monoisotopic (exact) mass is 195 g/mol. The van der Waals surface area contributed by atoms with Crippen LogP contribution in [0.4, 0.5) is 0 Å². The second-order valence-corrected chi connectivity index (χ2v) is 5.22. The first-order valence-corrected chi connectivity index (χ1v) is 5.56. The van der Waals surface area contributed by atoms with E-state index in [1.165, 1.54) is 0 Å². The number of ether oxygens (including phenoxy) is 1. The molecule has 0 atom stereocenters. The zero-order chi connectivity index (χ0) is 9.83. The molecule has 0 aromatic carbocycles. The van der Waals surface area contributed by atoms with Gasteiger partial charge in [0.15, 0.2) is 0 Å². The van der Waals surface area contributed by atoms with Gasteiger partial charge in [-0.15, -0.1) is 0 Å². The summed E-state index contributed by atoms with van der Waals surface area (Å²) in [7, 11) is -3.39. The predicted molar refractivity (Wildman–Crippen MR) is 48.2 cm³/mol. The molecule has 0 amide bonds. The molecule has 0 aliphatic rings. The number of nitrogens with two attached hydrogens (primary N) is 1. The summed E-state index contributed by atoms with van der Waals surface area (Å²) in [4.78, 5) is 0. The molecule has 0 bridgehead atoms. The fraction of sp³-hybridized carbons (Fsp3) is 1.00. The number of rotatable bonds is 5. The first kappa shape index (κ1) is 11.9. The normalized spacial score (nSPS) is 13.3. The lowest BCUT2D eigenvalue weighted by molar-refractivity contribution is 0.0819. The molecule has 0 aliphatic carbocycles. The van der Waals surface area contributed by atoms with E-state index in [1.54, 1.807) is 0 Å². The van der Waals surface area contributed by atoms with Gasteiger partial charge in [-0.05, 0) is 6.92 Å². The van der Waals surface area contributed by atoms with Gasteiger partial charge in [0.1, 0.15) is 0 Å². The van der Waals surface area contributed by atoms with E-state index in [2.05, 4.69) is 0 Å². The topological polar surface area (TPSA) is 69.4 Å². The van der Waals surface area contributed by atoms with Gasteiger partial charge in [-0.3, -0.25) is 0 Å². The first-order valence-electron chi connectivity index (χ1n) is 3.85. The summed E-state index contributed by atoms with van der Waals surface area (Å²) in [6, 6.07) is 0. The van der Waals surface area contributed by atoms with Gasteiger partial charge in [0.25, 0.3) is 0 Å². The Hall–Kier alpha value is -0.130. The fourth-order valence-electron chi connectivity index (χ4n) is 0.965. The Morgan fingerprint density at radius 2 is 1.92 bits per heavy atom. The quantitative estimate of drug-likeness (QED) is 0.687. The lowest BCUT2D eigenvalue weighted by atomic mass is 9.98. The fourth-order valence-corrected chi connectivity index (χ4v) is 2.14. The van der Waals surface area contributed by atoms with E-state index in [9.17, 15) is 8.42 Å².